The molecule has 1 aromatic carbocycles. The minimum absolute atomic E-state index is 0.200. The van der Waals surface area contributed by atoms with Crippen LogP contribution < -0.4 is 0 Å². The van der Waals surface area contributed by atoms with Crippen molar-refractivity contribution in [3.63, 3.8) is 0 Å². The predicted molar refractivity (Wildman–Crippen MR) is 50.2 cm³/mol. The average Bonchev–Trinajstić information content (AvgIpc) is 2.15. The van der Waals surface area contributed by atoms with Crippen molar-refractivity contribution in [1.29, 1.82) is 0 Å². The Balaban J connectivity index is 2.37. The van der Waals surface area contributed by atoms with E-state index in [-0.39, 0.29) is 5.82 Å². The Hall–Kier alpha value is -1.38. The molecule has 0 bridgehead atoms. The van der Waals surface area contributed by atoms with Crippen LogP contribution in [-0.2, 0) is 11.3 Å². The topological polar surface area (TPSA) is 21.6 Å². The number of nitrogens with zero attached hydrogens (tertiary/aromatic N) is 1. The first-order valence-corrected chi connectivity index (χ1v) is 4.12. The number of rotatable bonds is 4. The molecular formula is C10H12FNO. The smallest absolute Gasteiger partial charge is 0.123 e. The van der Waals surface area contributed by atoms with Crippen LogP contribution >= 0.6 is 0 Å². The molecule has 0 fully saturated rings. The molecule has 70 valence electrons. The molecule has 0 unspecified atom stereocenters. The largest absolute Gasteiger partial charge is 0.399 e. The fourth-order valence-electron chi connectivity index (χ4n) is 1.01. The minimum atomic E-state index is -0.200. The SMILES string of the molecule is CON=CCCc1ccc(F)cc1. The van der Waals surface area contributed by atoms with Crippen molar-refractivity contribution in [2.24, 2.45) is 5.16 Å². The van der Waals surface area contributed by atoms with E-state index in [1.54, 1.807) is 18.3 Å². The third-order valence-electron chi connectivity index (χ3n) is 1.66. The van der Waals surface area contributed by atoms with Gasteiger partial charge in [0.2, 0.25) is 0 Å². The Morgan fingerprint density at radius 3 is 2.69 bits per heavy atom. The van der Waals surface area contributed by atoms with Gasteiger partial charge in [-0.25, -0.2) is 4.39 Å². The van der Waals surface area contributed by atoms with Crippen molar-refractivity contribution in [3.8, 4) is 0 Å². The number of hydrogen-bond donors (Lipinski definition) is 0. The van der Waals surface area contributed by atoms with Crippen molar-refractivity contribution in [1.82, 2.24) is 0 Å². The van der Waals surface area contributed by atoms with Crippen molar-refractivity contribution in [2.45, 2.75) is 12.8 Å². The normalized spacial score (nSPS) is 10.6. The van der Waals surface area contributed by atoms with E-state index in [2.05, 4.69) is 9.99 Å². The lowest BCUT2D eigenvalue weighted by atomic mass is 10.1. The molecule has 0 amide bonds. The quantitative estimate of drug-likeness (QED) is 0.516. The fourth-order valence-corrected chi connectivity index (χ4v) is 1.01. The summed E-state index contributed by atoms with van der Waals surface area (Å²) in [6, 6.07) is 6.47. The first kappa shape index (κ1) is 9.71. The van der Waals surface area contributed by atoms with Gasteiger partial charge in [0, 0.05) is 6.21 Å². The summed E-state index contributed by atoms with van der Waals surface area (Å²) < 4.78 is 12.5. The van der Waals surface area contributed by atoms with E-state index in [0.717, 1.165) is 18.4 Å². The molecule has 0 radical (unpaired) electrons. The van der Waals surface area contributed by atoms with Gasteiger partial charge in [-0.15, -0.1) is 0 Å². The molecule has 3 heteroatoms. The molecule has 0 aliphatic carbocycles. The number of halogens is 1. The lowest BCUT2D eigenvalue weighted by Gasteiger charge is -1.96. The van der Waals surface area contributed by atoms with Crippen LogP contribution in [0.2, 0.25) is 0 Å². The number of hydrogen-bond acceptors (Lipinski definition) is 2. The summed E-state index contributed by atoms with van der Waals surface area (Å²) in [6.07, 6.45) is 3.36. The molecule has 1 aromatic rings. The highest BCUT2D eigenvalue weighted by Gasteiger charge is 1.92. The minimum Gasteiger partial charge on any atom is -0.399 e. The Labute approximate surface area is 77.0 Å². The zero-order chi connectivity index (χ0) is 9.52. The zero-order valence-corrected chi connectivity index (χ0v) is 7.53. The number of benzene rings is 1. The third kappa shape index (κ3) is 3.69. The van der Waals surface area contributed by atoms with Crippen LogP contribution in [0.3, 0.4) is 0 Å². The van der Waals surface area contributed by atoms with E-state index in [4.69, 9.17) is 0 Å². The first-order valence-electron chi connectivity index (χ1n) is 4.12. The zero-order valence-electron chi connectivity index (χ0n) is 7.53. The highest BCUT2D eigenvalue weighted by Crippen LogP contribution is 2.04. The summed E-state index contributed by atoms with van der Waals surface area (Å²) in [5.74, 6) is -0.200. The van der Waals surface area contributed by atoms with Crippen LogP contribution in [0.1, 0.15) is 12.0 Å². The van der Waals surface area contributed by atoms with Crippen molar-refractivity contribution in [3.05, 3.63) is 35.6 Å². The Kier molecular flexibility index (Phi) is 3.96. The van der Waals surface area contributed by atoms with Gasteiger partial charge in [-0.3, -0.25) is 0 Å². The van der Waals surface area contributed by atoms with Gasteiger partial charge in [-0.05, 0) is 30.5 Å². The van der Waals surface area contributed by atoms with Gasteiger partial charge < -0.3 is 4.84 Å². The van der Waals surface area contributed by atoms with Gasteiger partial charge in [-0.2, -0.15) is 0 Å². The summed E-state index contributed by atoms with van der Waals surface area (Å²) in [5.41, 5.74) is 1.10. The monoisotopic (exact) mass is 181 g/mol. The maximum Gasteiger partial charge on any atom is 0.123 e. The van der Waals surface area contributed by atoms with E-state index in [0.29, 0.717) is 0 Å². The molecule has 0 heterocycles. The second-order valence-corrected chi connectivity index (χ2v) is 2.64. The molecule has 0 N–H and O–H groups in total. The average molecular weight is 181 g/mol. The van der Waals surface area contributed by atoms with Crippen molar-refractivity contribution < 1.29 is 9.23 Å². The van der Waals surface area contributed by atoms with E-state index < -0.39 is 0 Å². The van der Waals surface area contributed by atoms with Crippen LogP contribution in [-0.4, -0.2) is 13.3 Å². The van der Waals surface area contributed by atoms with E-state index in [1.165, 1.54) is 19.2 Å². The van der Waals surface area contributed by atoms with Crippen molar-refractivity contribution in [2.75, 3.05) is 7.11 Å². The highest BCUT2D eigenvalue weighted by atomic mass is 19.1. The van der Waals surface area contributed by atoms with Crippen LogP contribution in [0.15, 0.2) is 29.4 Å². The molecule has 0 atom stereocenters. The number of aryl methyl sites for hydroxylation is 1. The molecule has 0 saturated heterocycles. The van der Waals surface area contributed by atoms with Gasteiger partial charge >= 0.3 is 0 Å². The standard InChI is InChI=1S/C10H12FNO/c1-13-12-8-2-3-9-4-6-10(11)7-5-9/h4-8H,2-3H2,1H3. The highest BCUT2D eigenvalue weighted by molar-refractivity contribution is 5.56. The summed E-state index contributed by atoms with van der Waals surface area (Å²) in [7, 11) is 1.51. The molecule has 0 aromatic heterocycles. The second kappa shape index (κ2) is 5.30. The van der Waals surface area contributed by atoms with Gasteiger partial charge in [-0.1, -0.05) is 17.3 Å². The van der Waals surface area contributed by atoms with Gasteiger partial charge in [0.25, 0.3) is 0 Å². The van der Waals surface area contributed by atoms with Crippen LogP contribution in [0.4, 0.5) is 4.39 Å². The fraction of sp³-hybridized carbons (Fsp3) is 0.300. The maximum atomic E-state index is 12.5. The van der Waals surface area contributed by atoms with Crippen molar-refractivity contribution >= 4 is 6.21 Å². The van der Waals surface area contributed by atoms with E-state index in [9.17, 15) is 4.39 Å². The first-order chi connectivity index (χ1) is 6.33. The molecular weight excluding hydrogens is 169 g/mol. The molecule has 0 aliphatic heterocycles. The number of oxime groups is 1. The summed E-state index contributed by atoms with van der Waals surface area (Å²) in [4.78, 5) is 4.51. The molecule has 2 nitrogen and oxygen atoms in total. The Bertz CT molecular complexity index is 269. The van der Waals surface area contributed by atoms with E-state index in [1.807, 2.05) is 0 Å². The summed E-state index contributed by atoms with van der Waals surface area (Å²) in [5, 5.41) is 3.61. The molecule has 1 rings (SSSR count). The second-order valence-electron chi connectivity index (χ2n) is 2.64. The van der Waals surface area contributed by atoms with E-state index >= 15 is 0 Å². The van der Waals surface area contributed by atoms with Crippen LogP contribution in [0.5, 0.6) is 0 Å². The Morgan fingerprint density at radius 1 is 1.38 bits per heavy atom. The maximum absolute atomic E-state index is 12.5. The molecule has 13 heavy (non-hydrogen) atoms. The van der Waals surface area contributed by atoms with Gasteiger partial charge in [0.1, 0.15) is 12.9 Å². The van der Waals surface area contributed by atoms with Gasteiger partial charge in [0.05, 0.1) is 0 Å². The lowest BCUT2D eigenvalue weighted by molar-refractivity contribution is 0.214. The summed E-state index contributed by atoms with van der Waals surface area (Å²) in [6.45, 7) is 0. The summed E-state index contributed by atoms with van der Waals surface area (Å²) >= 11 is 0. The van der Waals surface area contributed by atoms with Crippen LogP contribution in [0.25, 0.3) is 0 Å². The molecule has 0 saturated carbocycles. The lowest BCUT2D eigenvalue weighted by Crippen LogP contribution is -1.86. The van der Waals surface area contributed by atoms with Gasteiger partial charge in [0.15, 0.2) is 0 Å². The predicted octanol–water partition coefficient (Wildman–Crippen LogP) is 2.39. The van der Waals surface area contributed by atoms with Crippen LogP contribution in [0, 0.1) is 5.82 Å². The molecule has 0 spiro atoms. The molecule has 0 aliphatic rings. The third-order valence-corrected chi connectivity index (χ3v) is 1.66. The Morgan fingerprint density at radius 2 is 2.08 bits per heavy atom.